The van der Waals surface area contributed by atoms with Crippen LogP contribution in [0.3, 0.4) is 0 Å². The molecule has 0 aliphatic carbocycles. The van der Waals surface area contributed by atoms with E-state index in [1.165, 1.54) is 5.56 Å². The van der Waals surface area contributed by atoms with Gasteiger partial charge in [-0.25, -0.2) is 0 Å². The van der Waals surface area contributed by atoms with E-state index in [-0.39, 0.29) is 5.54 Å². The number of guanidine groups is 1. The van der Waals surface area contributed by atoms with Crippen molar-refractivity contribution in [2.24, 2.45) is 4.99 Å². The molecule has 0 heterocycles. The summed E-state index contributed by atoms with van der Waals surface area (Å²) in [6, 6.07) is 10.9. The van der Waals surface area contributed by atoms with Crippen molar-refractivity contribution in [2.45, 2.75) is 45.2 Å². The van der Waals surface area contributed by atoms with E-state index in [9.17, 15) is 0 Å². The van der Waals surface area contributed by atoms with E-state index < -0.39 is 0 Å². The standard InChI is InChI=1S/C17H30N4/c1-6-17(7-2,13-20-16(18-4)19-5)21-14(3)15-11-9-8-10-12-15/h8-12,14,21H,6-7,13H2,1-5H3,(H2,18,19,20). The van der Waals surface area contributed by atoms with Crippen LogP contribution in [0.4, 0.5) is 0 Å². The molecule has 21 heavy (non-hydrogen) atoms. The fourth-order valence-corrected chi connectivity index (χ4v) is 2.57. The van der Waals surface area contributed by atoms with E-state index >= 15 is 0 Å². The maximum Gasteiger partial charge on any atom is 0.190 e. The van der Waals surface area contributed by atoms with E-state index in [1.807, 2.05) is 7.05 Å². The lowest BCUT2D eigenvalue weighted by Crippen LogP contribution is -2.54. The Morgan fingerprint density at radius 2 is 1.81 bits per heavy atom. The Labute approximate surface area is 129 Å². The summed E-state index contributed by atoms with van der Waals surface area (Å²) in [5.41, 5.74) is 1.38. The number of hydrogen-bond donors (Lipinski definition) is 3. The molecular formula is C17H30N4. The van der Waals surface area contributed by atoms with Crippen LogP contribution in [0, 0.1) is 0 Å². The third-order valence-corrected chi connectivity index (χ3v) is 4.23. The summed E-state index contributed by atoms with van der Waals surface area (Å²) in [6.45, 7) is 7.54. The molecule has 0 saturated carbocycles. The van der Waals surface area contributed by atoms with E-state index in [1.54, 1.807) is 7.05 Å². The van der Waals surface area contributed by atoms with E-state index in [0.29, 0.717) is 6.04 Å². The van der Waals surface area contributed by atoms with Crippen molar-refractivity contribution in [3.8, 4) is 0 Å². The second-order valence-electron chi connectivity index (χ2n) is 5.44. The molecule has 0 radical (unpaired) electrons. The van der Waals surface area contributed by atoms with Gasteiger partial charge >= 0.3 is 0 Å². The first-order chi connectivity index (χ1) is 10.1. The highest BCUT2D eigenvalue weighted by atomic mass is 15.2. The smallest absolute Gasteiger partial charge is 0.190 e. The summed E-state index contributed by atoms with van der Waals surface area (Å²) in [7, 11) is 3.67. The number of aliphatic imine (C=N–C) groups is 1. The lowest BCUT2D eigenvalue weighted by atomic mass is 9.90. The van der Waals surface area contributed by atoms with Crippen molar-refractivity contribution in [3.63, 3.8) is 0 Å². The van der Waals surface area contributed by atoms with Crippen LogP contribution in [0.15, 0.2) is 35.3 Å². The van der Waals surface area contributed by atoms with Gasteiger partial charge in [0.25, 0.3) is 0 Å². The molecule has 0 aromatic heterocycles. The first-order valence-corrected chi connectivity index (χ1v) is 7.81. The predicted octanol–water partition coefficient (Wildman–Crippen LogP) is 2.69. The molecule has 0 aliphatic heterocycles. The summed E-state index contributed by atoms with van der Waals surface area (Å²) in [4.78, 5) is 4.18. The van der Waals surface area contributed by atoms with Crippen LogP contribution >= 0.6 is 0 Å². The average Bonchev–Trinajstić information content (AvgIpc) is 2.55. The molecule has 3 N–H and O–H groups in total. The van der Waals surface area contributed by atoms with Gasteiger partial charge in [0.1, 0.15) is 0 Å². The molecule has 0 spiro atoms. The van der Waals surface area contributed by atoms with E-state index in [0.717, 1.165) is 25.3 Å². The maximum atomic E-state index is 4.18. The van der Waals surface area contributed by atoms with Gasteiger partial charge < -0.3 is 16.0 Å². The Kier molecular flexibility index (Phi) is 7.23. The lowest BCUT2D eigenvalue weighted by Gasteiger charge is -2.36. The van der Waals surface area contributed by atoms with Crippen molar-refractivity contribution in [1.82, 2.24) is 16.0 Å². The normalized spacial score (nSPS) is 13.9. The predicted molar refractivity (Wildman–Crippen MR) is 91.7 cm³/mol. The minimum Gasteiger partial charge on any atom is -0.359 e. The van der Waals surface area contributed by atoms with Crippen LogP contribution in [-0.4, -0.2) is 32.1 Å². The van der Waals surface area contributed by atoms with Gasteiger partial charge in [-0.1, -0.05) is 44.2 Å². The second kappa shape index (κ2) is 8.67. The second-order valence-corrected chi connectivity index (χ2v) is 5.44. The first-order valence-electron chi connectivity index (χ1n) is 7.81. The monoisotopic (exact) mass is 290 g/mol. The SMILES string of the molecule is CCC(CC)(CNC(=NC)NC)NC(C)c1ccccc1. The number of nitrogens with zero attached hydrogens (tertiary/aromatic N) is 1. The van der Waals surface area contributed by atoms with Gasteiger partial charge in [0, 0.05) is 32.2 Å². The minimum atomic E-state index is 0.0576. The number of nitrogens with one attached hydrogen (secondary N) is 3. The first kappa shape index (κ1) is 17.5. The molecule has 4 nitrogen and oxygen atoms in total. The van der Waals surface area contributed by atoms with Gasteiger partial charge in [0.15, 0.2) is 5.96 Å². The largest absolute Gasteiger partial charge is 0.359 e. The fraction of sp³-hybridized carbons (Fsp3) is 0.588. The molecule has 0 aliphatic rings. The zero-order valence-electron chi connectivity index (χ0n) is 14.0. The Balaban J connectivity index is 2.75. The van der Waals surface area contributed by atoms with Crippen LogP contribution in [-0.2, 0) is 0 Å². The molecule has 1 unspecified atom stereocenters. The van der Waals surface area contributed by atoms with Crippen molar-refractivity contribution >= 4 is 5.96 Å². The van der Waals surface area contributed by atoms with Crippen LogP contribution in [0.25, 0.3) is 0 Å². The molecule has 0 fully saturated rings. The third kappa shape index (κ3) is 5.05. The van der Waals surface area contributed by atoms with E-state index in [2.05, 4.69) is 72.0 Å². The Hall–Kier alpha value is -1.55. The van der Waals surface area contributed by atoms with Crippen LogP contribution in [0.1, 0.15) is 45.2 Å². The summed E-state index contributed by atoms with van der Waals surface area (Å²) < 4.78 is 0. The Morgan fingerprint density at radius 3 is 2.29 bits per heavy atom. The van der Waals surface area contributed by atoms with Gasteiger partial charge in [0.2, 0.25) is 0 Å². The molecule has 0 saturated heterocycles. The maximum absolute atomic E-state index is 4.18. The molecule has 0 amide bonds. The fourth-order valence-electron chi connectivity index (χ4n) is 2.57. The van der Waals surface area contributed by atoms with Gasteiger partial charge in [-0.15, -0.1) is 0 Å². The molecule has 1 rings (SSSR count). The molecular weight excluding hydrogens is 260 g/mol. The zero-order chi connectivity index (χ0) is 15.7. The van der Waals surface area contributed by atoms with Gasteiger partial charge in [-0.2, -0.15) is 0 Å². The number of rotatable bonds is 7. The van der Waals surface area contributed by atoms with Crippen LogP contribution in [0.5, 0.6) is 0 Å². The summed E-state index contributed by atoms with van der Waals surface area (Å²) in [5.74, 6) is 0.829. The summed E-state index contributed by atoms with van der Waals surface area (Å²) >= 11 is 0. The lowest BCUT2D eigenvalue weighted by molar-refractivity contribution is 0.271. The van der Waals surface area contributed by atoms with Crippen molar-refractivity contribution < 1.29 is 0 Å². The third-order valence-electron chi connectivity index (χ3n) is 4.23. The molecule has 1 aromatic carbocycles. The molecule has 1 atom stereocenters. The molecule has 1 aromatic rings. The number of benzene rings is 1. The molecule has 4 heteroatoms. The van der Waals surface area contributed by atoms with Gasteiger partial charge in [-0.05, 0) is 25.3 Å². The molecule has 118 valence electrons. The average molecular weight is 290 g/mol. The van der Waals surface area contributed by atoms with Crippen molar-refractivity contribution in [3.05, 3.63) is 35.9 Å². The highest BCUT2D eigenvalue weighted by Gasteiger charge is 2.28. The van der Waals surface area contributed by atoms with Gasteiger partial charge in [-0.3, -0.25) is 4.99 Å². The Bertz CT molecular complexity index is 424. The summed E-state index contributed by atoms with van der Waals surface area (Å²) in [5, 5.41) is 10.3. The van der Waals surface area contributed by atoms with Crippen molar-refractivity contribution in [2.75, 3.05) is 20.6 Å². The topological polar surface area (TPSA) is 48.5 Å². The highest BCUT2D eigenvalue weighted by Crippen LogP contribution is 2.21. The summed E-state index contributed by atoms with van der Waals surface area (Å²) in [6.07, 6.45) is 2.13. The molecule has 0 bridgehead atoms. The number of hydrogen-bond acceptors (Lipinski definition) is 2. The zero-order valence-corrected chi connectivity index (χ0v) is 14.0. The van der Waals surface area contributed by atoms with Crippen LogP contribution in [0.2, 0.25) is 0 Å². The van der Waals surface area contributed by atoms with Crippen LogP contribution < -0.4 is 16.0 Å². The van der Waals surface area contributed by atoms with Gasteiger partial charge in [0.05, 0.1) is 0 Å². The van der Waals surface area contributed by atoms with Crippen molar-refractivity contribution in [1.29, 1.82) is 0 Å². The minimum absolute atomic E-state index is 0.0576. The van der Waals surface area contributed by atoms with E-state index in [4.69, 9.17) is 0 Å². The highest BCUT2D eigenvalue weighted by molar-refractivity contribution is 5.79. The quantitative estimate of drug-likeness (QED) is 0.534. The Morgan fingerprint density at radius 1 is 1.19 bits per heavy atom.